The van der Waals surface area contributed by atoms with Crippen LogP contribution in [-0.2, 0) is 17.1 Å². The minimum Gasteiger partial charge on any atom is -0.497 e. The number of rotatable bonds is 8. The average Bonchev–Trinajstić information content (AvgIpc) is 3.18. The van der Waals surface area contributed by atoms with Gasteiger partial charge in [-0.2, -0.15) is 4.98 Å². The average molecular weight is 418 g/mol. The number of halogens is 1. The summed E-state index contributed by atoms with van der Waals surface area (Å²) in [6.07, 6.45) is 0. The molecule has 0 unspecified atom stereocenters. The van der Waals surface area contributed by atoms with Crippen molar-refractivity contribution in [3.63, 3.8) is 0 Å². The van der Waals surface area contributed by atoms with E-state index in [-0.39, 0.29) is 12.5 Å². The number of hydrogen-bond donors (Lipinski definition) is 0. The van der Waals surface area contributed by atoms with Gasteiger partial charge in [-0.05, 0) is 29.8 Å². The Morgan fingerprint density at radius 2 is 2.04 bits per heavy atom. The SMILES string of the molecule is COc1cccc(-c2noc(CN(C)C(=O)CSCc3ccc(Cl)cc3)n2)c1. The maximum absolute atomic E-state index is 12.3. The fourth-order valence-corrected chi connectivity index (χ4v) is 3.49. The van der Waals surface area contributed by atoms with E-state index in [0.29, 0.717) is 28.2 Å². The number of methoxy groups -OCH3 is 1. The van der Waals surface area contributed by atoms with Crippen molar-refractivity contribution in [2.75, 3.05) is 19.9 Å². The standard InChI is InChI=1S/C20H20ClN3O3S/c1-24(19(25)13-28-12-14-6-8-16(21)9-7-14)11-18-22-20(23-27-18)15-4-3-5-17(10-15)26-2/h3-10H,11-13H2,1-2H3. The first-order valence-corrected chi connectivity index (χ1v) is 10.1. The lowest BCUT2D eigenvalue weighted by atomic mass is 10.2. The van der Waals surface area contributed by atoms with Crippen LogP contribution in [0.1, 0.15) is 11.5 Å². The van der Waals surface area contributed by atoms with Gasteiger partial charge < -0.3 is 14.2 Å². The summed E-state index contributed by atoms with van der Waals surface area (Å²) in [5, 5.41) is 4.69. The van der Waals surface area contributed by atoms with Crippen LogP contribution < -0.4 is 4.74 Å². The largest absolute Gasteiger partial charge is 0.497 e. The fraction of sp³-hybridized carbons (Fsp3) is 0.250. The Hall–Kier alpha value is -2.51. The molecule has 8 heteroatoms. The second-order valence-electron chi connectivity index (χ2n) is 6.11. The number of carbonyl (C=O) groups is 1. The Labute approximate surface area is 172 Å². The van der Waals surface area contributed by atoms with E-state index in [0.717, 1.165) is 16.9 Å². The van der Waals surface area contributed by atoms with Crippen molar-refractivity contribution in [3.05, 3.63) is 65.0 Å². The van der Waals surface area contributed by atoms with Gasteiger partial charge in [-0.25, -0.2) is 0 Å². The third-order valence-corrected chi connectivity index (χ3v) is 5.24. The quantitative estimate of drug-likeness (QED) is 0.544. The van der Waals surface area contributed by atoms with Gasteiger partial charge in [0.2, 0.25) is 17.6 Å². The zero-order chi connectivity index (χ0) is 19.9. The molecule has 2 aromatic carbocycles. The molecule has 0 saturated carbocycles. The van der Waals surface area contributed by atoms with Gasteiger partial charge in [-0.15, -0.1) is 11.8 Å². The molecule has 1 heterocycles. The van der Waals surface area contributed by atoms with E-state index in [9.17, 15) is 4.79 Å². The highest BCUT2D eigenvalue weighted by Crippen LogP contribution is 2.21. The molecule has 3 rings (SSSR count). The molecule has 3 aromatic rings. The summed E-state index contributed by atoms with van der Waals surface area (Å²) in [6.45, 7) is 0.261. The molecule has 1 amide bonds. The summed E-state index contributed by atoms with van der Waals surface area (Å²) in [7, 11) is 3.33. The van der Waals surface area contributed by atoms with E-state index >= 15 is 0 Å². The second kappa shape index (κ2) is 9.61. The van der Waals surface area contributed by atoms with Crippen LogP contribution in [0.4, 0.5) is 0 Å². The maximum atomic E-state index is 12.3. The number of carbonyl (C=O) groups excluding carboxylic acids is 1. The predicted octanol–water partition coefficient (Wildman–Crippen LogP) is 4.29. The van der Waals surface area contributed by atoms with Crippen molar-refractivity contribution in [2.24, 2.45) is 0 Å². The van der Waals surface area contributed by atoms with Crippen molar-refractivity contribution >= 4 is 29.3 Å². The summed E-state index contributed by atoms with van der Waals surface area (Å²) < 4.78 is 10.5. The van der Waals surface area contributed by atoms with E-state index in [1.165, 1.54) is 0 Å². The molecule has 1 aromatic heterocycles. The summed E-state index contributed by atoms with van der Waals surface area (Å²) in [5.74, 6) is 2.69. The lowest BCUT2D eigenvalue weighted by molar-refractivity contribution is -0.127. The highest BCUT2D eigenvalue weighted by atomic mass is 35.5. The fourth-order valence-electron chi connectivity index (χ4n) is 2.44. The monoisotopic (exact) mass is 417 g/mol. The first-order valence-electron chi connectivity index (χ1n) is 8.58. The van der Waals surface area contributed by atoms with E-state index in [4.69, 9.17) is 20.9 Å². The summed E-state index contributed by atoms with van der Waals surface area (Å²) in [4.78, 5) is 18.3. The Bertz CT molecular complexity index is 930. The molecule has 0 aliphatic heterocycles. The number of aromatic nitrogens is 2. The Morgan fingerprint density at radius 3 is 2.79 bits per heavy atom. The minimum atomic E-state index is 0.0000869. The van der Waals surface area contributed by atoms with Gasteiger partial charge in [0, 0.05) is 23.4 Å². The van der Waals surface area contributed by atoms with Crippen LogP contribution >= 0.6 is 23.4 Å². The van der Waals surface area contributed by atoms with Gasteiger partial charge in [0.15, 0.2) is 0 Å². The van der Waals surface area contributed by atoms with Gasteiger partial charge in [-0.1, -0.05) is 41.0 Å². The lowest BCUT2D eigenvalue weighted by Crippen LogP contribution is -2.28. The zero-order valence-electron chi connectivity index (χ0n) is 15.6. The third kappa shape index (κ3) is 5.50. The number of nitrogens with zero attached hydrogens (tertiary/aromatic N) is 3. The Kier molecular flexibility index (Phi) is 6.95. The molecule has 6 nitrogen and oxygen atoms in total. The zero-order valence-corrected chi connectivity index (χ0v) is 17.2. The first kappa shape index (κ1) is 20.2. The number of benzene rings is 2. The molecule has 0 aliphatic rings. The van der Waals surface area contributed by atoms with Gasteiger partial charge in [0.1, 0.15) is 5.75 Å². The number of hydrogen-bond acceptors (Lipinski definition) is 6. The Balaban J connectivity index is 1.51. The summed E-state index contributed by atoms with van der Waals surface area (Å²) in [6, 6.07) is 15.0. The molecule has 0 radical (unpaired) electrons. The number of ether oxygens (including phenoxy) is 1. The molecule has 0 N–H and O–H groups in total. The predicted molar refractivity (Wildman–Crippen MR) is 110 cm³/mol. The molecular formula is C20H20ClN3O3S. The van der Waals surface area contributed by atoms with Gasteiger partial charge >= 0.3 is 0 Å². The van der Waals surface area contributed by atoms with Crippen molar-refractivity contribution in [3.8, 4) is 17.1 Å². The smallest absolute Gasteiger partial charge is 0.246 e. The van der Waals surface area contributed by atoms with Crippen LogP contribution in [0.15, 0.2) is 53.1 Å². The maximum Gasteiger partial charge on any atom is 0.246 e. The molecule has 0 saturated heterocycles. The van der Waals surface area contributed by atoms with E-state index in [1.807, 2.05) is 48.5 Å². The van der Waals surface area contributed by atoms with Crippen molar-refractivity contribution in [1.29, 1.82) is 0 Å². The third-order valence-electron chi connectivity index (χ3n) is 4.00. The van der Waals surface area contributed by atoms with Crippen LogP contribution in [0.5, 0.6) is 5.75 Å². The minimum absolute atomic E-state index is 0.0000869. The van der Waals surface area contributed by atoms with Crippen molar-refractivity contribution in [2.45, 2.75) is 12.3 Å². The van der Waals surface area contributed by atoms with Gasteiger partial charge in [0.25, 0.3) is 0 Å². The number of thioether (sulfide) groups is 1. The molecule has 0 spiro atoms. The lowest BCUT2D eigenvalue weighted by Gasteiger charge is -2.14. The van der Waals surface area contributed by atoms with Gasteiger partial charge in [-0.3, -0.25) is 4.79 Å². The topological polar surface area (TPSA) is 68.5 Å². The van der Waals surface area contributed by atoms with Crippen molar-refractivity contribution < 1.29 is 14.1 Å². The molecule has 0 bridgehead atoms. The highest BCUT2D eigenvalue weighted by Gasteiger charge is 2.15. The second-order valence-corrected chi connectivity index (χ2v) is 7.53. The van der Waals surface area contributed by atoms with Crippen LogP contribution in [0.3, 0.4) is 0 Å². The normalized spacial score (nSPS) is 10.7. The molecule has 0 atom stereocenters. The van der Waals surface area contributed by atoms with E-state index < -0.39 is 0 Å². The van der Waals surface area contributed by atoms with E-state index in [1.54, 1.807) is 30.8 Å². The van der Waals surface area contributed by atoms with E-state index in [2.05, 4.69) is 10.1 Å². The molecular weight excluding hydrogens is 398 g/mol. The number of amides is 1. The van der Waals surface area contributed by atoms with Gasteiger partial charge in [0.05, 0.1) is 19.4 Å². The van der Waals surface area contributed by atoms with Crippen LogP contribution in [0.2, 0.25) is 5.02 Å². The van der Waals surface area contributed by atoms with Crippen LogP contribution in [-0.4, -0.2) is 40.9 Å². The van der Waals surface area contributed by atoms with Crippen LogP contribution in [0.25, 0.3) is 11.4 Å². The molecule has 28 heavy (non-hydrogen) atoms. The Morgan fingerprint density at radius 1 is 1.25 bits per heavy atom. The summed E-state index contributed by atoms with van der Waals surface area (Å²) in [5.41, 5.74) is 1.92. The highest BCUT2D eigenvalue weighted by molar-refractivity contribution is 7.99. The van der Waals surface area contributed by atoms with Crippen molar-refractivity contribution in [1.82, 2.24) is 15.0 Å². The molecule has 146 valence electrons. The molecule has 0 aliphatic carbocycles. The summed E-state index contributed by atoms with van der Waals surface area (Å²) >= 11 is 7.43. The first-order chi connectivity index (χ1) is 13.5. The molecule has 0 fully saturated rings. The van der Waals surface area contributed by atoms with Crippen LogP contribution in [0, 0.1) is 0 Å².